The highest BCUT2D eigenvalue weighted by molar-refractivity contribution is 5.85. The number of anilines is 1. The summed E-state index contributed by atoms with van der Waals surface area (Å²) >= 11 is 0. The Hall–Kier alpha value is -0.730. The van der Waals surface area contributed by atoms with Gasteiger partial charge in [-0.1, -0.05) is 18.2 Å². The van der Waals surface area contributed by atoms with Gasteiger partial charge in [-0.2, -0.15) is 0 Å². The molecule has 0 aliphatic carbocycles. The van der Waals surface area contributed by atoms with Crippen LogP contribution in [0.2, 0.25) is 0 Å². The standard InChI is InChI=1S/C13H18N2.ClH/c1-2-4-12(5-3-1)15-11-8-13(15)6-9-14-10-7-13;/h1-5,14H,6-11H2;1H. The third kappa shape index (κ3) is 1.80. The Morgan fingerprint density at radius 3 is 2.25 bits per heavy atom. The van der Waals surface area contributed by atoms with Crippen molar-refractivity contribution in [2.24, 2.45) is 0 Å². The van der Waals surface area contributed by atoms with Crippen LogP contribution in [0.3, 0.4) is 0 Å². The first-order valence-electron chi connectivity index (χ1n) is 5.94. The maximum Gasteiger partial charge on any atom is 0.0443 e. The van der Waals surface area contributed by atoms with E-state index in [0.717, 1.165) is 0 Å². The molecule has 1 aromatic rings. The summed E-state index contributed by atoms with van der Waals surface area (Å²) in [6.07, 6.45) is 3.99. The van der Waals surface area contributed by atoms with Crippen LogP contribution >= 0.6 is 12.4 Å². The number of rotatable bonds is 1. The molecule has 2 saturated heterocycles. The lowest BCUT2D eigenvalue weighted by atomic mass is 9.76. The number of para-hydroxylation sites is 1. The second-order valence-corrected chi connectivity index (χ2v) is 4.71. The van der Waals surface area contributed by atoms with E-state index < -0.39 is 0 Å². The van der Waals surface area contributed by atoms with E-state index in [2.05, 4.69) is 40.5 Å². The minimum atomic E-state index is 0. The van der Waals surface area contributed by atoms with Crippen molar-refractivity contribution in [2.45, 2.75) is 24.8 Å². The molecule has 2 aliphatic rings. The Morgan fingerprint density at radius 2 is 1.69 bits per heavy atom. The lowest BCUT2D eigenvalue weighted by Crippen LogP contribution is -2.64. The van der Waals surface area contributed by atoms with Crippen LogP contribution in [0.15, 0.2) is 30.3 Å². The molecule has 0 saturated carbocycles. The van der Waals surface area contributed by atoms with Crippen molar-refractivity contribution in [1.82, 2.24) is 5.32 Å². The molecule has 2 aliphatic heterocycles. The molecule has 0 amide bonds. The van der Waals surface area contributed by atoms with E-state index in [0.29, 0.717) is 5.54 Å². The van der Waals surface area contributed by atoms with Gasteiger partial charge >= 0.3 is 0 Å². The summed E-state index contributed by atoms with van der Waals surface area (Å²) in [7, 11) is 0. The van der Waals surface area contributed by atoms with Gasteiger partial charge in [0, 0.05) is 17.8 Å². The zero-order valence-electron chi connectivity index (χ0n) is 9.48. The van der Waals surface area contributed by atoms with Gasteiger partial charge < -0.3 is 10.2 Å². The van der Waals surface area contributed by atoms with Gasteiger partial charge in [0.1, 0.15) is 0 Å². The van der Waals surface area contributed by atoms with Crippen LogP contribution in [0.1, 0.15) is 19.3 Å². The van der Waals surface area contributed by atoms with Gasteiger partial charge in [-0.3, -0.25) is 0 Å². The van der Waals surface area contributed by atoms with E-state index in [1.165, 1.54) is 44.6 Å². The Balaban J connectivity index is 0.000000963. The van der Waals surface area contributed by atoms with E-state index in [1.54, 1.807) is 0 Å². The first-order valence-corrected chi connectivity index (χ1v) is 5.94. The van der Waals surface area contributed by atoms with Crippen LogP contribution in [-0.4, -0.2) is 25.2 Å². The molecule has 3 heteroatoms. The highest BCUT2D eigenvalue weighted by atomic mass is 35.5. The molecule has 0 bridgehead atoms. The fourth-order valence-electron chi connectivity index (χ4n) is 2.96. The second-order valence-electron chi connectivity index (χ2n) is 4.71. The van der Waals surface area contributed by atoms with Gasteiger partial charge in [-0.15, -0.1) is 12.4 Å². The fraction of sp³-hybridized carbons (Fsp3) is 0.538. The van der Waals surface area contributed by atoms with Crippen LogP contribution < -0.4 is 10.2 Å². The van der Waals surface area contributed by atoms with Crippen molar-refractivity contribution in [3.8, 4) is 0 Å². The molecule has 2 heterocycles. The van der Waals surface area contributed by atoms with Crippen molar-refractivity contribution in [3.05, 3.63) is 30.3 Å². The molecule has 1 N–H and O–H groups in total. The molecule has 88 valence electrons. The molecule has 2 fully saturated rings. The van der Waals surface area contributed by atoms with Crippen LogP contribution in [0.4, 0.5) is 5.69 Å². The van der Waals surface area contributed by atoms with Gasteiger partial charge in [-0.25, -0.2) is 0 Å². The smallest absolute Gasteiger partial charge is 0.0443 e. The fourth-order valence-corrected chi connectivity index (χ4v) is 2.96. The molecule has 2 nitrogen and oxygen atoms in total. The largest absolute Gasteiger partial charge is 0.366 e. The number of benzene rings is 1. The molecule has 1 spiro atoms. The van der Waals surface area contributed by atoms with E-state index in [-0.39, 0.29) is 12.4 Å². The lowest BCUT2D eigenvalue weighted by Gasteiger charge is -2.56. The van der Waals surface area contributed by atoms with Crippen LogP contribution in [0, 0.1) is 0 Å². The van der Waals surface area contributed by atoms with E-state index >= 15 is 0 Å². The van der Waals surface area contributed by atoms with E-state index in [1.807, 2.05) is 0 Å². The Kier molecular flexibility index (Phi) is 3.41. The topological polar surface area (TPSA) is 15.3 Å². The van der Waals surface area contributed by atoms with E-state index in [4.69, 9.17) is 0 Å². The SMILES string of the molecule is Cl.c1ccc(N2CCC23CCNCC3)cc1. The van der Waals surface area contributed by atoms with Crippen molar-refractivity contribution in [1.29, 1.82) is 0 Å². The first kappa shape index (κ1) is 11.7. The van der Waals surface area contributed by atoms with Crippen molar-refractivity contribution >= 4 is 18.1 Å². The average Bonchev–Trinajstić information content (AvgIpc) is 2.30. The zero-order valence-corrected chi connectivity index (χ0v) is 10.3. The summed E-state index contributed by atoms with van der Waals surface area (Å²) in [5.41, 5.74) is 1.90. The number of halogens is 1. The highest BCUT2D eigenvalue weighted by Gasteiger charge is 2.44. The minimum absolute atomic E-state index is 0. The maximum atomic E-state index is 3.45. The van der Waals surface area contributed by atoms with Crippen molar-refractivity contribution in [2.75, 3.05) is 24.5 Å². The number of nitrogens with zero attached hydrogens (tertiary/aromatic N) is 1. The van der Waals surface area contributed by atoms with Gasteiger partial charge in [0.05, 0.1) is 0 Å². The molecular formula is C13H19ClN2. The average molecular weight is 239 g/mol. The first-order chi connectivity index (χ1) is 7.41. The number of piperidine rings is 1. The molecule has 0 aromatic heterocycles. The Morgan fingerprint density at radius 1 is 1.00 bits per heavy atom. The number of hydrogen-bond donors (Lipinski definition) is 1. The van der Waals surface area contributed by atoms with Gasteiger partial charge in [0.25, 0.3) is 0 Å². The third-order valence-corrected chi connectivity index (χ3v) is 3.98. The molecule has 0 unspecified atom stereocenters. The van der Waals surface area contributed by atoms with Crippen molar-refractivity contribution < 1.29 is 0 Å². The summed E-state index contributed by atoms with van der Waals surface area (Å²) in [6.45, 7) is 3.61. The van der Waals surface area contributed by atoms with Crippen LogP contribution in [0.25, 0.3) is 0 Å². The molecule has 3 rings (SSSR count). The highest BCUT2D eigenvalue weighted by Crippen LogP contribution is 2.41. The second kappa shape index (κ2) is 4.64. The summed E-state index contributed by atoms with van der Waals surface area (Å²) in [4.78, 5) is 2.60. The summed E-state index contributed by atoms with van der Waals surface area (Å²) in [5, 5.41) is 3.45. The monoisotopic (exact) mass is 238 g/mol. The maximum absolute atomic E-state index is 3.45. The lowest BCUT2D eigenvalue weighted by molar-refractivity contribution is 0.206. The Bertz CT molecular complexity index is 333. The summed E-state index contributed by atoms with van der Waals surface area (Å²) in [5.74, 6) is 0. The summed E-state index contributed by atoms with van der Waals surface area (Å²) in [6, 6.07) is 10.9. The normalized spacial score (nSPS) is 22.4. The summed E-state index contributed by atoms with van der Waals surface area (Å²) < 4.78 is 0. The minimum Gasteiger partial charge on any atom is -0.366 e. The van der Waals surface area contributed by atoms with Crippen LogP contribution in [0.5, 0.6) is 0 Å². The predicted molar refractivity (Wildman–Crippen MR) is 70.5 cm³/mol. The predicted octanol–water partition coefficient (Wildman–Crippen LogP) is 2.44. The van der Waals surface area contributed by atoms with Crippen molar-refractivity contribution in [3.63, 3.8) is 0 Å². The molecule has 0 radical (unpaired) electrons. The quantitative estimate of drug-likeness (QED) is 0.809. The van der Waals surface area contributed by atoms with Gasteiger partial charge in [0.15, 0.2) is 0 Å². The molecule has 16 heavy (non-hydrogen) atoms. The molecule has 1 aromatic carbocycles. The number of nitrogens with one attached hydrogen (secondary N) is 1. The molecule has 0 atom stereocenters. The van der Waals surface area contributed by atoms with E-state index in [9.17, 15) is 0 Å². The van der Waals surface area contributed by atoms with Gasteiger partial charge in [0.2, 0.25) is 0 Å². The third-order valence-electron chi connectivity index (χ3n) is 3.98. The van der Waals surface area contributed by atoms with Crippen LogP contribution in [-0.2, 0) is 0 Å². The zero-order chi connectivity index (χ0) is 10.1. The van der Waals surface area contributed by atoms with Gasteiger partial charge in [-0.05, 0) is 44.5 Å². The Labute approximate surface area is 103 Å². The molecular weight excluding hydrogens is 220 g/mol. The number of hydrogen-bond acceptors (Lipinski definition) is 2.